The van der Waals surface area contributed by atoms with Crippen LogP contribution in [0.1, 0.15) is 17.5 Å². The molecule has 2 aromatic carbocycles. The molecule has 1 aliphatic rings. The first-order valence-electron chi connectivity index (χ1n) is 12.9. The van der Waals surface area contributed by atoms with Crippen molar-refractivity contribution < 1.29 is 29.7 Å². The summed E-state index contributed by atoms with van der Waals surface area (Å²) in [5.74, 6) is -1.99. The van der Waals surface area contributed by atoms with Gasteiger partial charge in [0.15, 0.2) is 0 Å². The fraction of sp³-hybridized carbons (Fsp3) is 0.444. The van der Waals surface area contributed by atoms with Crippen LogP contribution >= 0.6 is 48.8 Å². The van der Waals surface area contributed by atoms with E-state index >= 15 is 0 Å². The number of hydrogen-bond donors (Lipinski definition) is 8. The van der Waals surface area contributed by atoms with Crippen molar-refractivity contribution in [3.05, 3.63) is 52.5 Å². The highest BCUT2D eigenvalue weighted by Gasteiger charge is 2.35. The lowest BCUT2D eigenvalue weighted by atomic mass is 9.95. The number of carbonyl (C=O) groups excluding carboxylic acids is 3. The van der Waals surface area contributed by atoms with Crippen LogP contribution in [0.5, 0.6) is 5.75 Å². The molecule has 0 radical (unpaired) electrons. The molecule has 0 spiro atoms. The molecule has 3 amide bonds. The van der Waals surface area contributed by atoms with E-state index in [1.807, 2.05) is 0 Å². The van der Waals surface area contributed by atoms with Crippen molar-refractivity contribution in [2.45, 2.75) is 49.6 Å². The summed E-state index contributed by atoms with van der Waals surface area (Å²) in [6.07, 6.45) is -2.38. The molecule has 1 aliphatic heterocycles. The Labute approximate surface area is 273 Å². The summed E-state index contributed by atoms with van der Waals surface area (Å²) in [7, 11) is 1.40. The van der Waals surface area contributed by atoms with Gasteiger partial charge in [-0.15, -0.1) is 37.2 Å². The van der Waals surface area contributed by atoms with E-state index in [0.717, 1.165) is 5.56 Å². The normalized spacial score (nSPS) is 20.1. The van der Waals surface area contributed by atoms with Gasteiger partial charge in [0.1, 0.15) is 17.8 Å². The highest BCUT2D eigenvalue weighted by atomic mass is 35.5. The van der Waals surface area contributed by atoms with Gasteiger partial charge in [-0.25, -0.2) is 0 Å². The summed E-state index contributed by atoms with van der Waals surface area (Å²) in [4.78, 5) is 41.3. The number of phenols is 1. The van der Waals surface area contributed by atoms with Crippen molar-refractivity contribution in [1.29, 1.82) is 0 Å². The molecule has 4 bridgehead atoms. The molecule has 0 aliphatic carbocycles. The van der Waals surface area contributed by atoms with E-state index in [2.05, 4.69) is 10.6 Å². The van der Waals surface area contributed by atoms with Gasteiger partial charge in [-0.05, 0) is 46.5 Å². The van der Waals surface area contributed by atoms with Crippen molar-refractivity contribution in [2.75, 3.05) is 26.7 Å². The number of aromatic hydroxyl groups is 1. The van der Waals surface area contributed by atoms with Crippen molar-refractivity contribution >= 4 is 66.5 Å². The summed E-state index contributed by atoms with van der Waals surface area (Å²) in [5.41, 5.74) is 19.6. The van der Waals surface area contributed by atoms with Crippen LogP contribution in [0.3, 0.4) is 0 Å². The Hall–Kier alpha value is -2.39. The number of nitrogens with one attached hydrogen (secondary N) is 2. The third-order valence-electron chi connectivity index (χ3n) is 6.94. The number of nitrogens with two attached hydrogens (primary N) is 3. The van der Waals surface area contributed by atoms with Gasteiger partial charge in [0, 0.05) is 51.0 Å². The number of phenolic OH excluding ortho intramolecular Hbond substituents is 1. The number of hydrogen-bond acceptors (Lipinski definition) is 9. The van der Waals surface area contributed by atoms with E-state index in [1.54, 1.807) is 30.3 Å². The maximum Gasteiger partial charge on any atom is 0.245 e. The van der Waals surface area contributed by atoms with Gasteiger partial charge in [0.25, 0.3) is 0 Å². The van der Waals surface area contributed by atoms with Crippen LogP contribution in [0.25, 0.3) is 11.1 Å². The van der Waals surface area contributed by atoms with Crippen LogP contribution < -0.4 is 27.8 Å². The van der Waals surface area contributed by atoms with Crippen LogP contribution in [0.4, 0.5) is 0 Å². The minimum atomic E-state index is -1.26. The fourth-order valence-electron chi connectivity index (χ4n) is 4.47. The number of aliphatic hydroxyl groups excluding tert-OH is 2. The van der Waals surface area contributed by atoms with Gasteiger partial charge in [-0.3, -0.25) is 14.4 Å². The van der Waals surface area contributed by atoms with E-state index < -0.39 is 48.1 Å². The third kappa shape index (κ3) is 10.6. The van der Waals surface area contributed by atoms with E-state index in [-0.39, 0.29) is 81.9 Å². The number of halogens is 4. The fourth-order valence-corrected chi connectivity index (χ4v) is 4.66. The van der Waals surface area contributed by atoms with Crippen LogP contribution in [0, 0.1) is 0 Å². The van der Waals surface area contributed by atoms with Gasteiger partial charge >= 0.3 is 0 Å². The van der Waals surface area contributed by atoms with E-state index in [4.69, 9.17) is 28.8 Å². The highest BCUT2D eigenvalue weighted by Crippen LogP contribution is 2.31. The molecule has 11 N–H and O–H groups in total. The molecule has 0 saturated carbocycles. The monoisotopic (exact) mass is 684 g/mol. The topological polar surface area (TPSA) is 217 Å². The number of amides is 3. The Bertz CT molecular complexity index is 1240. The van der Waals surface area contributed by atoms with Gasteiger partial charge in [-0.2, -0.15) is 0 Å². The van der Waals surface area contributed by atoms with Gasteiger partial charge in [-0.1, -0.05) is 23.7 Å². The number of benzene rings is 2. The van der Waals surface area contributed by atoms with E-state index in [1.165, 1.54) is 18.0 Å². The molecule has 242 valence electrons. The Kier molecular flexibility index (Phi) is 17.4. The van der Waals surface area contributed by atoms with Crippen molar-refractivity contribution in [3.63, 3.8) is 0 Å². The van der Waals surface area contributed by atoms with Gasteiger partial charge < -0.3 is 48.1 Å². The van der Waals surface area contributed by atoms with Gasteiger partial charge in [0.2, 0.25) is 17.7 Å². The zero-order chi connectivity index (χ0) is 29.6. The van der Waals surface area contributed by atoms with Crippen LogP contribution in [-0.2, 0) is 27.2 Å². The minimum absolute atomic E-state index is 0. The Balaban J connectivity index is 0.00000588. The lowest BCUT2D eigenvalue weighted by molar-refractivity contribution is -0.142. The Morgan fingerprint density at radius 1 is 1.02 bits per heavy atom. The van der Waals surface area contributed by atoms with Crippen molar-refractivity contribution in [2.24, 2.45) is 17.2 Å². The molecule has 1 heterocycles. The molecule has 43 heavy (non-hydrogen) atoms. The first kappa shape index (κ1) is 40.6. The number of fused-ring (bicyclic) bond motifs is 5. The summed E-state index contributed by atoms with van der Waals surface area (Å²) in [5, 5.41) is 36.1. The van der Waals surface area contributed by atoms with Gasteiger partial charge in [0.05, 0.1) is 18.2 Å². The number of rotatable bonds is 7. The molecule has 12 nitrogen and oxygen atoms in total. The zero-order valence-electron chi connectivity index (χ0n) is 23.4. The van der Waals surface area contributed by atoms with Crippen molar-refractivity contribution in [3.8, 4) is 16.9 Å². The molecule has 3 rings (SSSR count). The number of nitrogens with zero attached hydrogens (tertiary/aromatic N) is 1. The van der Waals surface area contributed by atoms with Crippen LogP contribution in [-0.4, -0.2) is 95.0 Å². The first-order valence-corrected chi connectivity index (χ1v) is 13.3. The molecule has 16 heteroatoms. The van der Waals surface area contributed by atoms with E-state index in [0.29, 0.717) is 21.7 Å². The van der Waals surface area contributed by atoms with Crippen molar-refractivity contribution in [1.82, 2.24) is 15.5 Å². The predicted molar refractivity (Wildman–Crippen MR) is 172 cm³/mol. The first-order chi connectivity index (χ1) is 18.9. The molecule has 2 aromatic rings. The van der Waals surface area contributed by atoms with E-state index in [9.17, 15) is 29.7 Å². The second kappa shape index (κ2) is 18.4. The number of likely N-dealkylation sites (N-methyl/N-ethyl adjacent to an activating group) is 1. The van der Waals surface area contributed by atoms with Crippen LogP contribution in [0.15, 0.2) is 36.4 Å². The largest absolute Gasteiger partial charge is 0.508 e. The lowest BCUT2D eigenvalue weighted by Gasteiger charge is -2.32. The SMILES string of the molecule is CN1C(=O)[C@H](C[C@@H](O)CN)NC(=O)[C@@H](N)Cc2cc(ccc2O)-c2ccc(Cl)c(c2)C[C@H]1C(=O)NCC(O)CN.Cl.Cl.Cl. The minimum Gasteiger partial charge on any atom is -0.508 e. The molecule has 0 saturated heterocycles. The highest BCUT2D eigenvalue weighted by molar-refractivity contribution is 6.31. The molecule has 0 fully saturated rings. The Morgan fingerprint density at radius 3 is 2.21 bits per heavy atom. The molecule has 0 aromatic heterocycles. The quantitative estimate of drug-likeness (QED) is 0.194. The zero-order valence-corrected chi connectivity index (χ0v) is 26.6. The maximum atomic E-state index is 13.7. The molecular weight excluding hydrogens is 646 g/mol. The standard InChI is InChI=1S/C27H37ClN6O6.3ClH/c1-34-23(26(39)32-13-19(36)12-30)9-16-6-14(2-4-20(16)28)15-3-5-24(37)17(7-15)8-21(31)25(38)33-22(27(34)40)10-18(35)11-29;;;/h2-7,18-19,21-23,35-37H,8-13,29-31H2,1H3,(H,32,39)(H,33,38);3*1H/t18-,19?,21+,22+,23+;;;/m1.../s1. The number of aliphatic hydroxyl groups is 2. The summed E-state index contributed by atoms with van der Waals surface area (Å²) in [6.45, 7) is -0.383. The molecule has 1 unspecified atom stereocenters. The summed E-state index contributed by atoms with van der Waals surface area (Å²) < 4.78 is 0. The molecular formula is C27H40Cl4N6O6. The smallest absolute Gasteiger partial charge is 0.245 e. The second-order valence-corrected chi connectivity index (χ2v) is 10.4. The summed E-state index contributed by atoms with van der Waals surface area (Å²) in [6, 6.07) is 6.62. The third-order valence-corrected chi connectivity index (χ3v) is 7.31. The predicted octanol–water partition coefficient (Wildman–Crippen LogP) is -0.139. The Morgan fingerprint density at radius 2 is 1.60 bits per heavy atom. The maximum absolute atomic E-state index is 13.7. The van der Waals surface area contributed by atoms with Crippen LogP contribution in [0.2, 0.25) is 5.02 Å². The number of carbonyl (C=O) groups is 3. The summed E-state index contributed by atoms with van der Waals surface area (Å²) >= 11 is 6.52. The lowest BCUT2D eigenvalue weighted by Crippen LogP contribution is -2.58. The average Bonchev–Trinajstić information content (AvgIpc) is 2.94. The molecule has 5 atom stereocenters. The second-order valence-electron chi connectivity index (χ2n) is 9.95. The average molecular weight is 686 g/mol.